The molecule has 2 aliphatic heterocycles. The first-order valence-corrected chi connectivity index (χ1v) is 9.41. The highest BCUT2D eigenvalue weighted by Gasteiger charge is 2.36. The summed E-state index contributed by atoms with van der Waals surface area (Å²) in [6.45, 7) is 3.58. The SMILES string of the molecule is NC1CC(N2CCCC(N3CCc4cncc5cccc3c45)C2)C1. The van der Waals surface area contributed by atoms with Crippen molar-refractivity contribution in [3.8, 4) is 0 Å². The van der Waals surface area contributed by atoms with E-state index in [0.29, 0.717) is 12.1 Å². The van der Waals surface area contributed by atoms with Gasteiger partial charge in [-0.2, -0.15) is 0 Å². The Morgan fingerprint density at radius 3 is 2.88 bits per heavy atom. The van der Waals surface area contributed by atoms with Crippen molar-refractivity contribution in [3.05, 3.63) is 36.2 Å². The summed E-state index contributed by atoms with van der Waals surface area (Å²) in [6, 6.07) is 8.51. The van der Waals surface area contributed by atoms with Crippen LogP contribution in [0.4, 0.5) is 5.69 Å². The molecule has 24 heavy (non-hydrogen) atoms. The first-order chi connectivity index (χ1) is 11.8. The lowest BCUT2D eigenvalue weighted by atomic mass is 9.84. The topological polar surface area (TPSA) is 45.4 Å². The van der Waals surface area contributed by atoms with Gasteiger partial charge in [0.2, 0.25) is 0 Å². The Labute approximate surface area is 143 Å². The summed E-state index contributed by atoms with van der Waals surface area (Å²) in [4.78, 5) is 9.81. The average Bonchev–Trinajstić information content (AvgIpc) is 2.60. The van der Waals surface area contributed by atoms with Crippen LogP contribution in [0.15, 0.2) is 30.6 Å². The highest BCUT2D eigenvalue weighted by atomic mass is 15.3. The number of hydrogen-bond donors (Lipinski definition) is 1. The lowest BCUT2D eigenvalue weighted by molar-refractivity contribution is 0.0806. The molecule has 0 amide bonds. The number of pyridine rings is 1. The molecular formula is C20H26N4. The fourth-order valence-corrected chi connectivity index (χ4v) is 4.95. The number of likely N-dealkylation sites (tertiary alicyclic amines) is 1. The number of piperidine rings is 1. The van der Waals surface area contributed by atoms with E-state index in [4.69, 9.17) is 5.73 Å². The van der Waals surface area contributed by atoms with Crippen LogP contribution >= 0.6 is 0 Å². The van der Waals surface area contributed by atoms with Crippen LogP contribution in [-0.2, 0) is 6.42 Å². The van der Waals surface area contributed by atoms with Gasteiger partial charge >= 0.3 is 0 Å². The predicted molar refractivity (Wildman–Crippen MR) is 98.4 cm³/mol. The van der Waals surface area contributed by atoms with Gasteiger partial charge in [-0.15, -0.1) is 0 Å². The van der Waals surface area contributed by atoms with Gasteiger partial charge in [-0.05, 0) is 50.3 Å². The third-order valence-electron chi connectivity index (χ3n) is 6.31. The molecule has 1 unspecified atom stereocenters. The minimum atomic E-state index is 0.443. The van der Waals surface area contributed by atoms with Crippen molar-refractivity contribution in [2.75, 3.05) is 24.5 Å². The first-order valence-electron chi connectivity index (χ1n) is 9.41. The van der Waals surface area contributed by atoms with Gasteiger partial charge in [0.05, 0.1) is 0 Å². The van der Waals surface area contributed by atoms with Crippen molar-refractivity contribution in [1.82, 2.24) is 9.88 Å². The van der Waals surface area contributed by atoms with E-state index in [1.807, 2.05) is 6.20 Å². The number of nitrogens with zero attached hydrogens (tertiary/aromatic N) is 3. The number of benzene rings is 1. The Morgan fingerprint density at radius 1 is 1.08 bits per heavy atom. The molecule has 3 heterocycles. The maximum Gasteiger partial charge on any atom is 0.0452 e. The minimum Gasteiger partial charge on any atom is -0.366 e. The van der Waals surface area contributed by atoms with Crippen LogP contribution in [0, 0.1) is 0 Å². The van der Waals surface area contributed by atoms with Crippen molar-refractivity contribution in [3.63, 3.8) is 0 Å². The van der Waals surface area contributed by atoms with Crippen molar-refractivity contribution in [2.24, 2.45) is 5.73 Å². The van der Waals surface area contributed by atoms with Gasteiger partial charge in [0, 0.05) is 60.1 Å². The molecule has 2 fully saturated rings. The zero-order valence-corrected chi connectivity index (χ0v) is 14.2. The van der Waals surface area contributed by atoms with E-state index in [0.717, 1.165) is 19.0 Å². The van der Waals surface area contributed by atoms with Crippen molar-refractivity contribution < 1.29 is 0 Å². The zero-order chi connectivity index (χ0) is 16.1. The second kappa shape index (κ2) is 5.71. The number of rotatable bonds is 2. The summed E-state index contributed by atoms with van der Waals surface area (Å²) in [5.74, 6) is 0. The average molecular weight is 322 g/mol. The first kappa shape index (κ1) is 14.7. The van der Waals surface area contributed by atoms with Gasteiger partial charge in [-0.3, -0.25) is 9.88 Å². The van der Waals surface area contributed by atoms with E-state index in [1.54, 1.807) is 0 Å². The number of hydrogen-bond acceptors (Lipinski definition) is 4. The van der Waals surface area contributed by atoms with E-state index in [2.05, 4.69) is 39.2 Å². The summed E-state index contributed by atoms with van der Waals surface area (Å²) in [5, 5.41) is 2.72. The highest BCUT2D eigenvalue weighted by Crippen LogP contribution is 2.37. The Kier molecular flexibility index (Phi) is 3.49. The summed E-state index contributed by atoms with van der Waals surface area (Å²) >= 11 is 0. The molecule has 1 atom stereocenters. The molecule has 0 radical (unpaired) electrons. The van der Waals surface area contributed by atoms with Crippen LogP contribution in [0.1, 0.15) is 31.2 Å². The molecule has 2 N–H and O–H groups in total. The van der Waals surface area contributed by atoms with Gasteiger partial charge in [0.25, 0.3) is 0 Å². The minimum absolute atomic E-state index is 0.443. The second-order valence-corrected chi connectivity index (χ2v) is 7.79. The lowest BCUT2D eigenvalue weighted by Crippen LogP contribution is -2.57. The molecule has 1 aliphatic carbocycles. The van der Waals surface area contributed by atoms with Gasteiger partial charge in [0.15, 0.2) is 0 Å². The van der Waals surface area contributed by atoms with E-state index in [9.17, 15) is 0 Å². The smallest absolute Gasteiger partial charge is 0.0452 e. The van der Waals surface area contributed by atoms with Crippen molar-refractivity contribution in [2.45, 2.75) is 50.2 Å². The number of anilines is 1. The maximum atomic E-state index is 6.01. The van der Waals surface area contributed by atoms with Crippen LogP contribution < -0.4 is 10.6 Å². The molecule has 1 saturated heterocycles. The molecule has 3 aliphatic rings. The second-order valence-electron chi connectivity index (χ2n) is 7.79. The molecule has 1 aromatic heterocycles. The van der Waals surface area contributed by atoms with Crippen molar-refractivity contribution >= 4 is 16.5 Å². The van der Waals surface area contributed by atoms with Crippen LogP contribution in [-0.4, -0.2) is 47.6 Å². The molecule has 5 rings (SSSR count). The van der Waals surface area contributed by atoms with Crippen LogP contribution in [0.2, 0.25) is 0 Å². The molecule has 2 aromatic rings. The Bertz CT molecular complexity index is 747. The van der Waals surface area contributed by atoms with Crippen LogP contribution in [0.3, 0.4) is 0 Å². The van der Waals surface area contributed by atoms with E-state index in [1.165, 1.54) is 60.8 Å². The molecule has 0 bridgehead atoms. The quantitative estimate of drug-likeness (QED) is 0.923. The number of nitrogens with two attached hydrogens (primary N) is 1. The predicted octanol–water partition coefficient (Wildman–Crippen LogP) is 2.55. The zero-order valence-electron chi connectivity index (χ0n) is 14.2. The summed E-state index contributed by atoms with van der Waals surface area (Å²) in [7, 11) is 0. The monoisotopic (exact) mass is 322 g/mol. The largest absolute Gasteiger partial charge is 0.366 e. The molecule has 4 heteroatoms. The van der Waals surface area contributed by atoms with Gasteiger partial charge in [-0.1, -0.05) is 12.1 Å². The number of aromatic nitrogens is 1. The summed E-state index contributed by atoms with van der Waals surface area (Å²) in [6.07, 6.45) is 10.2. The summed E-state index contributed by atoms with van der Waals surface area (Å²) in [5.41, 5.74) is 8.85. The Hall–Kier alpha value is -1.65. The molecular weight excluding hydrogens is 296 g/mol. The molecule has 1 saturated carbocycles. The van der Waals surface area contributed by atoms with Gasteiger partial charge < -0.3 is 10.6 Å². The lowest BCUT2D eigenvalue weighted by Gasteiger charge is -2.48. The maximum absolute atomic E-state index is 6.01. The molecule has 4 nitrogen and oxygen atoms in total. The Balaban J connectivity index is 1.44. The third kappa shape index (κ3) is 2.32. The molecule has 1 aromatic carbocycles. The van der Waals surface area contributed by atoms with Crippen molar-refractivity contribution in [1.29, 1.82) is 0 Å². The van der Waals surface area contributed by atoms with Gasteiger partial charge in [0.1, 0.15) is 0 Å². The van der Waals surface area contributed by atoms with E-state index < -0.39 is 0 Å². The standard InChI is InChI=1S/C20H26N4/c21-16-9-18(10-16)23-7-2-4-17(13-23)24-8-6-15-12-22-11-14-3-1-5-19(24)20(14)15/h1,3,5,11-12,16-18H,2,4,6-10,13,21H2. The van der Waals surface area contributed by atoms with E-state index >= 15 is 0 Å². The fourth-order valence-electron chi connectivity index (χ4n) is 4.95. The molecule has 0 spiro atoms. The Morgan fingerprint density at radius 2 is 2.00 bits per heavy atom. The third-order valence-corrected chi connectivity index (χ3v) is 6.31. The summed E-state index contributed by atoms with van der Waals surface area (Å²) < 4.78 is 0. The van der Waals surface area contributed by atoms with E-state index in [-0.39, 0.29) is 0 Å². The highest BCUT2D eigenvalue weighted by molar-refractivity contribution is 5.97. The van der Waals surface area contributed by atoms with Gasteiger partial charge in [-0.25, -0.2) is 0 Å². The molecule has 126 valence electrons. The van der Waals surface area contributed by atoms with Crippen LogP contribution in [0.5, 0.6) is 0 Å². The normalized spacial score (nSPS) is 30.4. The van der Waals surface area contributed by atoms with Crippen LogP contribution in [0.25, 0.3) is 10.8 Å². The fraction of sp³-hybridized carbons (Fsp3) is 0.550.